The third-order valence-corrected chi connectivity index (χ3v) is 4.14. The summed E-state index contributed by atoms with van der Waals surface area (Å²) in [5.74, 6) is -3.36. The molecule has 0 amide bonds. The molecule has 0 saturated heterocycles. The van der Waals surface area contributed by atoms with Gasteiger partial charge in [-0.1, -0.05) is 6.07 Å². The van der Waals surface area contributed by atoms with Crippen LogP contribution in [0.25, 0.3) is 0 Å². The van der Waals surface area contributed by atoms with E-state index in [-0.39, 0.29) is 23.5 Å². The number of rotatable bonds is 7. The Labute approximate surface area is 155 Å². The summed E-state index contributed by atoms with van der Waals surface area (Å²) in [7, 11) is 0. The second-order valence-electron chi connectivity index (χ2n) is 6.22. The molecule has 8 nitrogen and oxygen atoms in total. The third kappa shape index (κ3) is 5.11. The normalized spacial score (nSPS) is 14.1. The first kappa shape index (κ1) is 20.1. The van der Waals surface area contributed by atoms with Crippen LogP contribution in [-0.4, -0.2) is 44.5 Å². The van der Waals surface area contributed by atoms with Crippen LogP contribution in [0.2, 0.25) is 0 Å². The van der Waals surface area contributed by atoms with Crippen molar-refractivity contribution in [3.05, 3.63) is 53.6 Å². The highest BCUT2D eigenvalue weighted by molar-refractivity contribution is 5.89. The Morgan fingerprint density at radius 3 is 2.22 bits per heavy atom. The van der Waals surface area contributed by atoms with Gasteiger partial charge in [0.2, 0.25) is 0 Å². The summed E-state index contributed by atoms with van der Waals surface area (Å²) in [6, 6.07) is 8.14. The number of benzene rings is 2. The Bertz CT molecular complexity index is 819. The zero-order chi connectivity index (χ0) is 20.1. The number of nitrogens with two attached hydrogens (primary N) is 1. The highest BCUT2D eigenvalue weighted by Gasteiger charge is 2.29. The fraction of sp³-hybridized carbons (Fsp3) is 0.263. The summed E-state index contributed by atoms with van der Waals surface area (Å²) in [5, 5.41) is 37.6. The van der Waals surface area contributed by atoms with Crippen LogP contribution in [0.3, 0.4) is 0 Å². The first-order chi connectivity index (χ1) is 12.7. The summed E-state index contributed by atoms with van der Waals surface area (Å²) >= 11 is 0. The molecular weight excluding hydrogens is 354 g/mol. The maximum absolute atomic E-state index is 12.2. The molecule has 27 heavy (non-hydrogen) atoms. The minimum atomic E-state index is -1.30. The van der Waals surface area contributed by atoms with Crippen molar-refractivity contribution in [2.24, 2.45) is 5.73 Å². The molecule has 0 radical (unpaired) electrons. The molecule has 0 fully saturated rings. The van der Waals surface area contributed by atoms with Crippen molar-refractivity contribution in [3.8, 4) is 17.2 Å². The number of carboxylic acid groups (broad SMARTS) is 1. The highest BCUT2D eigenvalue weighted by Crippen LogP contribution is 2.32. The van der Waals surface area contributed by atoms with Crippen LogP contribution in [-0.2, 0) is 9.53 Å². The molecule has 8 heteroatoms. The number of aromatic hydroxyl groups is 3. The van der Waals surface area contributed by atoms with Crippen LogP contribution >= 0.6 is 0 Å². The fourth-order valence-electron chi connectivity index (χ4n) is 2.69. The number of carbonyl (C=O) groups is 2. The van der Waals surface area contributed by atoms with Crippen molar-refractivity contribution in [1.29, 1.82) is 0 Å². The summed E-state index contributed by atoms with van der Waals surface area (Å²) in [6.45, 7) is 1.60. The smallest absolute Gasteiger partial charge is 0.338 e. The lowest BCUT2D eigenvalue weighted by Crippen LogP contribution is -2.38. The van der Waals surface area contributed by atoms with Gasteiger partial charge in [0.15, 0.2) is 11.5 Å². The van der Waals surface area contributed by atoms with Gasteiger partial charge in [0.1, 0.15) is 17.9 Å². The van der Waals surface area contributed by atoms with Gasteiger partial charge in [0.05, 0.1) is 5.56 Å². The topological polar surface area (TPSA) is 150 Å². The van der Waals surface area contributed by atoms with Crippen molar-refractivity contribution in [2.45, 2.75) is 31.4 Å². The molecular formula is C19H21NO7. The van der Waals surface area contributed by atoms with Gasteiger partial charge >= 0.3 is 11.9 Å². The van der Waals surface area contributed by atoms with E-state index in [1.807, 2.05) is 0 Å². The number of aliphatic carboxylic acids is 1. The zero-order valence-electron chi connectivity index (χ0n) is 14.6. The van der Waals surface area contributed by atoms with Crippen LogP contribution in [0.15, 0.2) is 42.5 Å². The van der Waals surface area contributed by atoms with E-state index in [2.05, 4.69) is 0 Å². The second-order valence-corrected chi connectivity index (χ2v) is 6.22. The maximum atomic E-state index is 12.2. The Morgan fingerprint density at radius 1 is 1.04 bits per heavy atom. The molecule has 0 aliphatic rings. The van der Waals surface area contributed by atoms with E-state index in [0.717, 1.165) is 0 Å². The largest absolute Gasteiger partial charge is 0.508 e. The van der Waals surface area contributed by atoms with Crippen LogP contribution in [0.5, 0.6) is 17.2 Å². The van der Waals surface area contributed by atoms with E-state index in [4.69, 9.17) is 10.5 Å². The molecule has 0 aliphatic carbocycles. The molecule has 0 spiro atoms. The van der Waals surface area contributed by atoms with Gasteiger partial charge in [-0.3, -0.25) is 4.79 Å². The summed E-state index contributed by atoms with van der Waals surface area (Å²) in [5.41, 5.74) is 6.41. The Balaban J connectivity index is 2.16. The first-order valence-corrected chi connectivity index (χ1v) is 8.19. The molecule has 2 aromatic rings. The minimum Gasteiger partial charge on any atom is -0.508 e. The number of ether oxygens (including phenoxy) is 1. The monoisotopic (exact) mass is 375 g/mol. The number of esters is 1. The van der Waals surface area contributed by atoms with Gasteiger partial charge in [-0.25, -0.2) is 4.79 Å². The maximum Gasteiger partial charge on any atom is 0.338 e. The van der Waals surface area contributed by atoms with Crippen molar-refractivity contribution in [1.82, 2.24) is 0 Å². The molecule has 2 aromatic carbocycles. The molecule has 2 unspecified atom stereocenters. The summed E-state index contributed by atoms with van der Waals surface area (Å²) in [4.78, 5) is 23.5. The molecule has 144 valence electrons. The summed E-state index contributed by atoms with van der Waals surface area (Å²) < 4.78 is 5.33. The number of carbonyl (C=O) groups excluding carboxylic acids is 1. The summed E-state index contributed by atoms with van der Waals surface area (Å²) in [6.07, 6.45) is -0.598. The van der Waals surface area contributed by atoms with Crippen molar-refractivity contribution in [3.63, 3.8) is 0 Å². The van der Waals surface area contributed by atoms with Gasteiger partial charge in [-0.15, -0.1) is 0 Å². The van der Waals surface area contributed by atoms with Gasteiger partial charge < -0.3 is 30.9 Å². The Kier molecular flexibility index (Phi) is 6.25. The third-order valence-electron chi connectivity index (χ3n) is 4.14. The lowest BCUT2D eigenvalue weighted by atomic mass is 9.87. The van der Waals surface area contributed by atoms with Gasteiger partial charge in [-0.05, 0) is 55.3 Å². The number of phenolic OH excluding ortho intramolecular Hbond substituents is 3. The molecule has 0 aliphatic heterocycles. The Morgan fingerprint density at radius 2 is 1.67 bits per heavy atom. The average molecular weight is 375 g/mol. The molecule has 6 N–H and O–H groups in total. The van der Waals surface area contributed by atoms with E-state index in [9.17, 15) is 30.0 Å². The van der Waals surface area contributed by atoms with E-state index >= 15 is 0 Å². The number of hydrogen-bond acceptors (Lipinski definition) is 7. The molecule has 0 saturated carbocycles. The molecule has 0 bridgehead atoms. The van der Waals surface area contributed by atoms with Gasteiger partial charge in [0, 0.05) is 5.92 Å². The van der Waals surface area contributed by atoms with Crippen molar-refractivity contribution in [2.75, 3.05) is 0 Å². The number of hydrogen-bond donors (Lipinski definition) is 5. The first-order valence-electron chi connectivity index (χ1n) is 8.19. The predicted octanol–water partition coefficient (Wildman–Crippen LogP) is 1.93. The van der Waals surface area contributed by atoms with E-state index < -0.39 is 35.8 Å². The SMILES string of the molecule is C[C@@H](CC(c1ccc(O)c(O)c1)C(N)C(=O)O)OC(=O)c1ccc(O)cc1. The van der Waals surface area contributed by atoms with Crippen LogP contribution in [0, 0.1) is 0 Å². The number of phenols is 3. The standard InChI is InChI=1S/C19H21NO7/c1-10(27-19(26)11-2-5-13(21)6-3-11)8-14(17(20)18(24)25)12-4-7-15(22)16(23)9-12/h2-7,9-10,14,17,21-23H,8,20H2,1H3,(H,24,25)/t10-,14?,17?/m0/s1. The van der Waals surface area contributed by atoms with Crippen molar-refractivity contribution < 1.29 is 34.8 Å². The lowest BCUT2D eigenvalue weighted by molar-refractivity contribution is -0.139. The molecule has 2 rings (SSSR count). The van der Waals surface area contributed by atoms with Gasteiger partial charge in [-0.2, -0.15) is 0 Å². The average Bonchev–Trinajstić information content (AvgIpc) is 2.62. The van der Waals surface area contributed by atoms with Crippen LogP contribution in [0.1, 0.15) is 35.2 Å². The van der Waals surface area contributed by atoms with Crippen molar-refractivity contribution >= 4 is 11.9 Å². The lowest BCUT2D eigenvalue weighted by Gasteiger charge is -2.25. The molecule has 0 aromatic heterocycles. The van der Waals surface area contributed by atoms with E-state index in [1.165, 1.54) is 42.5 Å². The Hall–Kier alpha value is -3.26. The second kappa shape index (κ2) is 8.41. The van der Waals surface area contributed by atoms with Crippen LogP contribution in [0.4, 0.5) is 0 Å². The number of carboxylic acids is 1. The molecule has 0 heterocycles. The zero-order valence-corrected chi connectivity index (χ0v) is 14.6. The van der Waals surface area contributed by atoms with E-state index in [1.54, 1.807) is 6.92 Å². The van der Waals surface area contributed by atoms with Crippen LogP contribution < -0.4 is 5.73 Å². The van der Waals surface area contributed by atoms with E-state index in [0.29, 0.717) is 5.56 Å². The molecule has 3 atom stereocenters. The quantitative estimate of drug-likeness (QED) is 0.364. The minimum absolute atomic E-state index is 0.0132. The van der Waals surface area contributed by atoms with Gasteiger partial charge in [0.25, 0.3) is 0 Å². The highest BCUT2D eigenvalue weighted by atomic mass is 16.5. The predicted molar refractivity (Wildman–Crippen MR) is 95.7 cm³/mol. The fourth-order valence-corrected chi connectivity index (χ4v) is 2.69.